The highest BCUT2D eigenvalue weighted by atomic mass is 35.5. The number of aryl methyl sites for hydroxylation is 1. The van der Waals surface area contributed by atoms with Gasteiger partial charge in [-0.05, 0) is 56.2 Å². The number of hydrogen-bond donors (Lipinski definition) is 2. The quantitative estimate of drug-likeness (QED) is 0.537. The molecule has 1 aromatic heterocycles. The first-order valence-corrected chi connectivity index (χ1v) is 10.5. The van der Waals surface area contributed by atoms with Gasteiger partial charge in [0.2, 0.25) is 0 Å². The maximum atomic E-state index is 12.9. The van der Waals surface area contributed by atoms with Gasteiger partial charge in [-0.1, -0.05) is 0 Å². The lowest BCUT2D eigenvalue weighted by Crippen LogP contribution is -2.22. The highest BCUT2D eigenvalue weighted by Gasteiger charge is 2.28. The van der Waals surface area contributed by atoms with Gasteiger partial charge < -0.3 is 19.9 Å². The van der Waals surface area contributed by atoms with Crippen molar-refractivity contribution in [2.24, 2.45) is 0 Å². The first-order valence-electron chi connectivity index (χ1n) is 10.1. The van der Waals surface area contributed by atoms with Crippen molar-refractivity contribution < 1.29 is 23.1 Å². The summed E-state index contributed by atoms with van der Waals surface area (Å²) in [6, 6.07) is 8.73. The fourth-order valence-corrected chi connectivity index (χ4v) is 4.09. The van der Waals surface area contributed by atoms with E-state index >= 15 is 0 Å². The summed E-state index contributed by atoms with van der Waals surface area (Å²) in [5.41, 5.74) is -1.54. The number of halogens is 3. The van der Waals surface area contributed by atoms with Gasteiger partial charge in [0.15, 0.2) is 0 Å². The minimum absolute atomic E-state index is 0.149. The Morgan fingerprint density at radius 2 is 1.94 bits per heavy atom. The van der Waals surface area contributed by atoms with E-state index in [0.29, 0.717) is 22.3 Å². The predicted octanol–water partition coefficient (Wildman–Crippen LogP) is 4.71. The maximum Gasteiger partial charge on any atom is 0.487 e. The molecule has 3 aromatic rings. The Balaban J connectivity index is 1.67. The molecule has 2 N–H and O–H groups in total. The van der Waals surface area contributed by atoms with Gasteiger partial charge in [-0.3, -0.25) is 9.59 Å². The summed E-state index contributed by atoms with van der Waals surface area (Å²) < 4.78 is 31.8. The van der Waals surface area contributed by atoms with Gasteiger partial charge in [0.1, 0.15) is 11.6 Å². The Labute approximate surface area is 187 Å². The molecule has 1 atom stereocenters. The summed E-state index contributed by atoms with van der Waals surface area (Å²) in [6.45, 7) is 2.09. The molecule has 10 heteroatoms. The van der Waals surface area contributed by atoms with E-state index in [2.05, 4.69) is 31.8 Å². The van der Waals surface area contributed by atoms with Crippen molar-refractivity contribution in [3.8, 4) is 5.75 Å². The van der Waals surface area contributed by atoms with Crippen molar-refractivity contribution >= 4 is 40.1 Å². The molecule has 7 nitrogen and oxygen atoms in total. The van der Waals surface area contributed by atoms with E-state index in [4.69, 9.17) is 11.6 Å². The number of alkyl halides is 3. The molecule has 0 aliphatic carbocycles. The molecule has 2 aromatic carbocycles. The van der Waals surface area contributed by atoms with E-state index in [1.54, 1.807) is 6.07 Å². The van der Waals surface area contributed by atoms with Crippen molar-refractivity contribution in [3.63, 3.8) is 0 Å². The van der Waals surface area contributed by atoms with Crippen molar-refractivity contribution in [3.05, 3.63) is 53.3 Å². The van der Waals surface area contributed by atoms with Crippen molar-refractivity contribution in [1.82, 2.24) is 14.9 Å². The number of fused-ring (bicyclic) bond motifs is 3. The Morgan fingerprint density at radius 3 is 2.59 bits per heavy atom. The number of ether oxygens (including phenoxy) is 1. The van der Waals surface area contributed by atoms with Crippen LogP contribution in [-0.4, -0.2) is 34.0 Å². The Hall–Kier alpha value is -3.20. The third-order valence-corrected chi connectivity index (χ3v) is 5.48. The zero-order valence-electron chi connectivity index (χ0n) is 17.4. The van der Waals surface area contributed by atoms with Gasteiger partial charge in [-0.15, -0.1) is 8.78 Å². The normalized spacial score (nSPS) is 15.8. The van der Waals surface area contributed by atoms with Crippen LogP contribution in [0.25, 0.3) is 11.0 Å². The lowest BCUT2D eigenvalue weighted by molar-refractivity contribution is -0.0964. The first kappa shape index (κ1) is 22.0. The summed E-state index contributed by atoms with van der Waals surface area (Å²) in [6.07, 6.45) is 2.81. The zero-order chi connectivity index (χ0) is 23.0. The zero-order valence-corrected chi connectivity index (χ0v) is 18.2. The minimum atomic E-state index is -3.82. The van der Waals surface area contributed by atoms with Crippen LogP contribution in [0.5, 0.6) is 5.75 Å². The number of aromatic nitrogens is 2. The standard InChI is InChI=1S/C22H21ClF2N4O3/c1-12-4-3-5-18-28-17-11-13(10-16(21(31)26-2)19(17)29(12)18)20(30)27-14-6-8-15(9-7-14)32-22(23,24)25/h6-12H,3-5H2,1-2H3,(H,26,31)(H,27,30)/t12-/m1/s1. The molecule has 0 fully saturated rings. The van der Waals surface area contributed by atoms with Crippen LogP contribution in [-0.2, 0) is 6.42 Å². The second-order valence-corrected chi connectivity index (χ2v) is 8.08. The second-order valence-electron chi connectivity index (χ2n) is 7.64. The lowest BCUT2D eigenvalue weighted by Gasteiger charge is -2.23. The molecule has 1 aliphatic heterocycles. The molecule has 168 valence electrons. The molecule has 0 radical (unpaired) electrons. The van der Waals surface area contributed by atoms with E-state index in [-0.39, 0.29) is 23.3 Å². The number of nitrogens with zero attached hydrogens (tertiary/aromatic N) is 2. The van der Waals surface area contributed by atoms with Crippen LogP contribution in [0.3, 0.4) is 0 Å². The van der Waals surface area contributed by atoms with Gasteiger partial charge >= 0.3 is 5.57 Å². The number of amides is 2. The number of rotatable bonds is 5. The highest BCUT2D eigenvalue weighted by Crippen LogP contribution is 2.32. The lowest BCUT2D eigenvalue weighted by atomic mass is 10.0. The van der Waals surface area contributed by atoms with E-state index in [0.717, 1.165) is 25.1 Å². The van der Waals surface area contributed by atoms with Crippen LogP contribution in [0.2, 0.25) is 0 Å². The number of carbonyl (C=O) groups excluding carboxylic acids is 2. The maximum absolute atomic E-state index is 12.9. The second kappa shape index (κ2) is 8.38. The van der Waals surface area contributed by atoms with E-state index in [1.165, 1.54) is 37.4 Å². The summed E-state index contributed by atoms with van der Waals surface area (Å²) in [7, 11) is 1.53. The average molecular weight is 463 g/mol. The van der Waals surface area contributed by atoms with Crippen molar-refractivity contribution in [2.45, 2.75) is 37.8 Å². The van der Waals surface area contributed by atoms with E-state index in [9.17, 15) is 18.4 Å². The molecule has 0 bridgehead atoms. The summed E-state index contributed by atoms with van der Waals surface area (Å²) in [5, 5.41) is 5.31. The SMILES string of the molecule is CNC(=O)c1cc(C(=O)Nc2ccc(OC(F)(F)Cl)cc2)cc2nc3n(c12)[C@H](C)CCC3. The predicted molar refractivity (Wildman–Crippen MR) is 117 cm³/mol. The molecule has 2 heterocycles. The van der Waals surface area contributed by atoms with Crippen LogP contribution >= 0.6 is 11.6 Å². The molecule has 0 unspecified atom stereocenters. The number of nitrogens with one attached hydrogen (secondary N) is 2. The molecule has 2 amide bonds. The number of imidazole rings is 1. The molecule has 32 heavy (non-hydrogen) atoms. The van der Waals surface area contributed by atoms with Gasteiger partial charge in [0.25, 0.3) is 11.8 Å². The van der Waals surface area contributed by atoms with Crippen LogP contribution in [0, 0.1) is 0 Å². The Kier molecular flexibility index (Phi) is 5.77. The Bertz CT molecular complexity index is 1190. The van der Waals surface area contributed by atoms with Gasteiger partial charge in [0.05, 0.1) is 16.6 Å². The van der Waals surface area contributed by atoms with Gasteiger partial charge in [-0.25, -0.2) is 4.98 Å². The number of hydrogen-bond acceptors (Lipinski definition) is 4. The summed E-state index contributed by atoms with van der Waals surface area (Å²) >= 11 is 4.75. The summed E-state index contributed by atoms with van der Waals surface area (Å²) in [5.74, 6) is -0.0294. The van der Waals surface area contributed by atoms with Crippen LogP contribution in [0.1, 0.15) is 52.3 Å². The monoisotopic (exact) mass is 462 g/mol. The van der Waals surface area contributed by atoms with E-state index in [1.807, 2.05) is 0 Å². The van der Waals surface area contributed by atoms with E-state index < -0.39 is 11.5 Å². The first-order chi connectivity index (χ1) is 15.2. The molecule has 0 spiro atoms. The molecule has 0 saturated carbocycles. The highest BCUT2D eigenvalue weighted by molar-refractivity contribution is 6.20. The van der Waals surface area contributed by atoms with Crippen molar-refractivity contribution in [1.29, 1.82) is 0 Å². The van der Waals surface area contributed by atoms with Gasteiger partial charge in [0, 0.05) is 42.4 Å². The molecule has 4 rings (SSSR count). The molecular formula is C22H21ClF2N4O3. The average Bonchev–Trinajstić information content (AvgIpc) is 3.12. The molecule has 0 saturated heterocycles. The fourth-order valence-electron chi connectivity index (χ4n) is 4.00. The minimum Gasteiger partial charge on any atom is -0.420 e. The molecular weight excluding hydrogens is 442 g/mol. The third kappa shape index (κ3) is 4.38. The van der Waals surface area contributed by atoms with Crippen LogP contribution in [0.4, 0.5) is 14.5 Å². The largest absolute Gasteiger partial charge is 0.487 e. The smallest absolute Gasteiger partial charge is 0.420 e. The Morgan fingerprint density at radius 1 is 1.22 bits per heavy atom. The third-order valence-electron chi connectivity index (χ3n) is 5.40. The van der Waals surface area contributed by atoms with Gasteiger partial charge in [-0.2, -0.15) is 0 Å². The van der Waals surface area contributed by atoms with Crippen LogP contribution in [0.15, 0.2) is 36.4 Å². The fraction of sp³-hybridized carbons (Fsp3) is 0.318. The number of carbonyl (C=O) groups is 2. The number of anilines is 1. The van der Waals surface area contributed by atoms with Crippen molar-refractivity contribution in [2.75, 3.05) is 12.4 Å². The summed E-state index contributed by atoms with van der Waals surface area (Å²) in [4.78, 5) is 30.2. The molecule has 1 aliphatic rings. The van der Waals surface area contributed by atoms with Crippen LogP contribution < -0.4 is 15.4 Å². The topological polar surface area (TPSA) is 85.2 Å². The number of benzene rings is 2.